The molecule has 0 spiro atoms. The molecule has 0 aliphatic heterocycles. The maximum absolute atomic E-state index is 12.2. The molecule has 0 fully saturated rings. The van der Waals surface area contributed by atoms with E-state index in [2.05, 4.69) is 5.32 Å². The first-order chi connectivity index (χ1) is 9.56. The van der Waals surface area contributed by atoms with Crippen LogP contribution in [0.15, 0.2) is 30.3 Å². The van der Waals surface area contributed by atoms with E-state index in [1.54, 1.807) is 0 Å². The summed E-state index contributed by atoms with van der Waals surface area (Å²) in [5.74, 6) is -0.320. The molecule has 1 aliphatic rings. The summed E-state index contributed by atoms with van der Waals surface area (Å²) in [5, 5.41) is 12.9. The molecule has 2 atom stereocenters. The zero-order valence-corrected chi connectivity index (χ0v) is 12.6. The highest BCUT2D eigenvalue weighted by molar-refractivity contribution is 7.20. The fourth-order valence-corrected chi connectivity index (χ4v) is 3.92. The molecule has 0 bridgehead atoms. The van der Waals surface area contributed by atoms with Crippen LogP contribution >= 0.6 is 34.5 Å². The van der Waals surface area contributed by atoms with Gasteiger partial charge < -0.3 is 10.4 Å². The normalized spacial score (nSPS) is 20.8. The Labute approximate surface area is 130 Å². The van der Waals surface area contributed by atoms with Crippen molar-refractivity contribution in [1.29, 1.82) is 0 Å². The smallest absolute Gasteiger partial charge is 0.254 e. The van der Waals surface area contributed by atoms with Crippen molar-refractivity contribution in [3.8, 4) is 0 Å². The van der Waals surface area contributed by atoms with Gasteiger partial charge in [-0.05, 0) is 17.2 Å². The van der Waals surface area contributed by atoms with Crippen molar-refractivity contribution in [2.24, 2.45) is 0 Å². The lowest BCUT2D eigenvalue weighted by atomic mass is 10.1. The number of nitrogens with one attached hydrogen (secondary N) is 1. The van der Waals surface area contributed by atoms with Gasteiger partial charge in [0.05, 0.1) is 22.0 Å². The molecule has 1 heterocycles. The SMILES string of the molecule is O=C(N[C@H]1c2ccccc2C[C@H]1O)c1cc(Cl)sc1Cl. The number of rotatable bonds is 2. The zero-order valence-electron chi connectivity index (χ0n) is 10.3. The predicted molar refractivity (Wildman–Crippen MR) is 80.7 cm³/mol. The Morgan fingerprint density at radius 3 is 2.80 bits per heavy atom. The lowest BCUT2D eigenvalue weighted by Crippen LogP contribution is -2.33. The number of fused-ring (bicyclic) bond motifs is 1. The minimum atomic E-state index is -0.621. The van der Waals surface area contributed by atoms with E-state index in [0.717, 1.165) is 22.5 Å². The second kappa shape index (κ2) is 5.37. The van der Waals surface area contributed by atoms with Crippen molar-refractivity contribution >= 4 is 40.4 Å². The van der Waals surface area contributed by atoms with E-state index in [1.807, 2.05) is 24.3 Å². The van der Waals surface area contributed by atoms with E-state index >= 15 is 0 Å². The number of aliphatic hydroxyl groups is 1. The topological polar surface area (TPSA) is 49.3 Å². The average molecular weight is 328 g/mol. The number of carbonyl (C=O) groups excluding carboxylic acids is 1. The fourth-order valence-electron chi connectivity index (χ4n) is 2.46. The molecule has 3 nitrogen and oxygen atoms in total. The quantitative estimate of drug-likeness (QED) is 0.887. The van der Waals surface area contributed by atoms with Crippen molar-refractivity contribution in [2.45, 2.75) is 18.6 Å². The molecule has 2 aromatic rings. The van der Waals surface area contributed by atoms with Gasteiger partial charge in [0.2, 0.25) is 0 Å². The van der Waals surface area contributed by atoms with Gasteiger partial charge in [-0.3, -0.25) is 4.79 Å². The lowest BCUT2D eigenvalue weighted by molar-refractivity contribution is 0.0859. The molecule has 3 rings (SSSR count). The van der Waals surface area contributed by atoms with E-state index < -0.39 is 12.1 Å². The molecule has 1 aromatic heterocycles. The molecule has 0 saturated heterocycles. The Morgan fingerprint density at radius 1 is 1.35 bits per heavy atom. The average Bonchev–Trinajstić information content (AvgIpc) is 2.90. The van der Waals surface area contributed by atoms with Crippen LogP contribution in [0.5, 0.6) is 0 Å². The summed E-state index contributed by atoms with van der Waals surface area (Å²) < 4.78 is 0.820. The number of benzene rings is 1. The number of halogens is 2. The number of thiophene rings is 1. The Bertz CT molecular complexity index is 671. The summed E-state index contributed by atoms with van der Waals surface area (Å²) in [7, 11) is 0. The second-order valence-corrected chi connectivity index (χ2v) is 6.94. The van der Waals surface area contributed by atoms with E-state index in [9.17, 15) is 9.90 Å². The summed E-state index contributed by atoms with van der Waals surface area (Å²) in [4.78, 5) is 12.2. The van der Waals surface area contributed by atoms with Crippen molar-refractivity contribution < 1.29 is 9.90 Å². The van der Waals surface area contributed by atoms with Gasteiger partial charge in [-0.25, -0.2) is 0 Å². The van der Waals surface area contributed by atoms with Gasteiger partial charge in [0, 0.05) is 6.42 Å². The maximum atomic E-state index is 12.2. The summed E-state index contributed by atoms with van der Waals surface area (Å²) in [6.45, 7) is 0. The third-order valence-electron chi connectivity index (χ3n) is 3.39. The van der Waals surface area contributed by atoms with Crippen LogP contribution in [0.2, 0.25) is 8.67 Å². The summed E-state index contributed by atoms with van der Waals surface area (Å²) in [5.41, 5.74) is 2.35. The minimum absolute atomic E-state index is 0.320. The Balaban J connectivity index is 1.85. The second-order valence-electron chi connectivity index (χ2n) is 4.66. The van der Waals surface area contributed by atoms with Crippen LogP contribution in [0.1, 0.15) is 27.5 Å². The molecule has 2 N–H and O–H groups in total. The number of hydrogen-bond donors (Lipinski definition) is 2. The Morgan fingerprint density at radius 2 is 2.10 bits per heavy atom. The maximum Gasteiger partial charge on any atom is 0.254 e. The van der Waals surface area contributed by atoms with Gasteiger partial charge in [-0.1, -0.05) is 47.5 Å². The number of hydrogen-bond acceptors (Lipinski definition) is 3. The standard InChI is InChI=1S/C14H11Cl2NO2S/c15-11-6-9(13(16)20-11)14(19)17-12-8-4-2-1-3-7(8)5-10(12)18/h1-4,6,10,12,18H,5H2,(H,17,19)/t10-,12+/m1/s1. The van der Waals surface area contributed by atoms with E-state index in [0.29, 0.717) is 20.7 Å². The summed E-state index contributed by atoms with van der Waals surface area (Å²) in [6.07, 6.45) is -0.0802. The Kier molecular flexibility index (Phi) is 3.73. The molecule has 1 amide bonds. The van der Waals surface area contributed by atoms with Crippen LogP contribution in [0.25, 0.3) is 0 Å². The molecule has 20 heavy (non-hydrogen) atoms. The summed E-state index contributed by atoms with van der Waals surface area (Å²) >= 11 is 13.0. The van der Waals surface area contributed by atoms with E-state index in [1.165, 1.54) is 6.07 Å². The van der Waals surface area contributed by atoms with Crippen molar-refractivity contribution in [3.63, 3.8) is 0 Å². The highest BCUT2D eigenvalue weighted by Crippen LogP contribution is 2.34. The molecule has 104 valence electrons. The summed E-state index contributed by atoms with van der Waals surface area (Å²) in [6, 6.07) is 8.82. The lowest BCUT2D eigenvalue weighted by Gasteiger charge is -2.17. The largest absolute Gasteiger partial charge is 0.390 e. The minimum Gasteiger partial charge on any atom is -0.390 e. The van der Waals surface area contributed by atoms with Gasteiger partial charge in [-0.15, -0.1) is 11.3 Å². The third kappa shape index (κ3) is 2.44. The molecule has 0 unspecified atom stereocenters. The van der Waals surface area contributed by atoms with Gasteiger partial charge in [-0.2, -0.15) is 0 Å². The predicted octanol–water partition coefficient (Wildman–Crippen LogP) is 3.44. The van der Waals surface area contributed by atoms with Crippen molar-refractivity contribution in [2.75, 3.05) is 0 Å². The molecule has 1 aromatic carbocycles. The molecular weight excluding hydrogens is 317 g/mol. The first-order valence-corrected chi connectivity index (χ1v) is 7.65. The van der Waals surface area contributed by atoms with Crippen LogP contribution in [-0.2, 0) is 6.42 Å². The zero-order chi connectivity index (χ0) is 14.3. The number of amides is 1. The highest BCUT2D eigenvalue weighted by atomic mass is 35.5. The van der Waals surface area contributed by atoms with E-state index in [4.69, 9.17) is 23.2 Å². The van der Waals surface area contributed by atoms with Crippen LogP contribution in [0, 0.1) is 0 Å². The van der Waals surface area contributed by atoms with Gasteiger partial charge in [0.25, 0.3) is 5.91 Å². The molecular formula is C14H11Cl2NO2S. The van der Waals surface area contributed by atoms with Crippen LogP contribution in [0.3, 0.4) is 0 Å². The molecule has 0 saturated carbocycles. The first kappa shape index (κ1) is 13.9. The van der Waals surface area contributed by atoms with Crippen LogP contribution in [0.4, 0.5) is 0 Å². The Hall–Kier alpha value is -1.07. The van der Waals surface area contributed by atoms with Crippen molar-refractivity contribution in [3.05, 3.63) is 55.7 Å². The third-order valence-corrected chi connectivity index (χ3v) is 4.88. The van der Waals surface area contributed by atoms with Gasteiger partial charge in [0.1, 0.15) is 4.34 Å². The molecule has 0 radical (unpaired) electrons. The van der Waals surface area contributed by atoms with Crippen LogP contribution in [-0.4, -0.2) is 17.1 Å². The molecule has 6 heteroatoms. The fraction of sp³-hybridized carbons (Fsp3) is 0.214. The van der Waals surface area contributed by atoms with E-state index in [-0.39, 0.29) is 5.91 Å². The first-order valence-electron chi connectivity index (χ1n) is 6.08. The number of aliphatic hydroxyl groups excluding tert-OH is 1. The van der Waals surface area contributed by atoms with Gasteiger partial charge in [0.15, 0.2) is 0 Å². The number of carbonyl (C=O) groups is 1. The monoisotopic (exact) mass is 327 g/mol. The van der Waals surface area contributed by atoms with Crippen LogP contribution < -0.4 is 5.32 Å². The van der Waals surface area contributed by atoms with Crippen molar-refractivity contribution in [1.82, 2.24) is 5.32 Å². The highest BCUT2D eigenvalue weighted by Gasteiger charge is 2.32. The van der Waals surface area contributed by atoms with Gasteiger partial charge >= 0.3 is 0 Å². The molecule has 1 aliphatic carbocycles.